The van der Waals surface area contributed by atoms with E-state index in [1.807, 2.05) is 0 Å². The molecule has 0 radical (unpaired) electrons. The second kappa shape index (κ2) is 7.14. The minimum absolute atomic E-state index is 0.406. The molecule has 0 bridgehead atoms. The number of benzene rings is 2. The molecule has 0 saturated carbocycles. The van der Waals surface area contributed by atoms with E-state index >= 15 is 0 Å². The molecule has 0 fully saturated rings. The average molecular weight is 254 g/mol. The van der Waals surface area contributed by atoms with Crippen molar-refractivity contribution in [2.75, 3.05) is 0 Å². The lowest BCUT2D eigenvalue weighted by atomic mass is 9.92. The first kappa shape index (κ1) is 13.9. The Morgan fingerprint density at radius 2 is 1.79 bits per heavy atom. The Morgan fingerprint density at radius 3 is 2.53 bits per heavy atom. The van der Waals surface area contributed by atoms with Crippen LogP contribution in [0.15, 0.2) is 42.5 Å². The highest BCUT2D eigenvalue weighted by Gasteiger charge is 2.06. The fourth-order valence-electron chi connectivity index (χ4n) is 2.24. The van der Waals surface area contributed by atoms with E-state index in [0.717, 1.165) is 0 Å². The van der Waals surface area contributed by atoms with Gasteiger partial charge in [0.05, 0.1) is 0 Å². The summed E-state index contributed by atoms with van der Waals surface area (Å²) in [5, 5.41) is 18.1. The Bertz CT molecular complexity index is 568. The van der Waals surface area contributed by atoms with Gasteiger partial charge in [0, 0.05) is 0 Å². The number of allylic oxidation sites excluding steroid dienone is 1. The van der Waals surface area contributed by atoms with Crippen LogP contribution in [0.2, 0.25) is 0 Å². The summed E-state index contributed by atoms with van der Waals surface area (Å²) in [5.41, 5.74) is 2.92. The lowest BCUT2D eigenvalue weighted by Gasteiger charge is -2.12. The molecule has 0 atom stereocenters. The van der Waals surface area contributed by atoms with Gasteiger partial charge in [-0.05, 0) is 34.7 Å². The van der Waals surface area contributed by atoms with Crippen LogP contribution in [0.1, 0.15) is 17.5 Å². The van der Waals surface area contributed by atoms with Crippen LogP contribution < -0.4 is 0 Å². The van der Waals surface area contributed by atoms with Gasteiger partial charge in [-0.2, -0.15) is 0 Å². The van der Waals surface area contributed by atoms with Crippen LogP contribution in [-0.4, -0.2) is 25.4 Å². The van der Waals surface area contributed by atoms with Crippen LogP contribution in [0.4, 0.5) is 0 Å². The van der Waals surface area contributed by atoms with Gasteiger partial charge in [0.15, 0.2) is 0 Å². The zero-order chi connectivity index (χ0) is 13.5. The summed E-state index contributed by atoms with van der Waals surface area (Å²) >= 11 is 0. The molecule has 3 nitrogen and oxygen atoms in total. The summed E-state index contributed by atoms with van der Waals surface area (Å²) in [6.07, 6.45) is 6.91. The zero-order valence-corrected chi connectivity index (χ0v) is 10.7. The molecule has 0 spiro atoms. The predicted molar refractivity (Wildman–Crippen MR) is 81.1 cm³/mol. The fourth-order valence-corrected chi connectivity index (χ4v) is 2.24. The maximum Gasteiger partial charge on any atom is 0.421 e. The molecule has 19 heavy (non-hydrogen) atoms. The maximum absolute atomic E-state index is 7.68. The van der Waals surface area contributed by atoms with Crippen molar-refractivity contribution in [2.45, 2.75) is 12.8 Å². The topological polar surface area (TPSA) is 49.7 Å². The quantitative estimate of drug-likeness (QED) is 0.794. The van der Waals surface area contributed by atoms with Crippen molar-refractivity contribution < 1.29 is 14.6 Å². The first-order chi connectivity index (χ1) is 9.36. The zero-order valence-electron chi connectivity index (χ0n) is 10.7. The molecule has 2 aromatic carbocycles. The van der Waals surface area contributed by atoms with E-state index in [-0.39, 0.29) is 0 Å². The Morgan fingerprint density at radius 1 is 1.00 bits per heavy atom. The molecule has 0 saturated heterocycles. The fraction of sp³-hybridized carbons (Fsp3) is 0.143. The van der Waals surface area contributed by atoms with Gasteiger partial charge in [0.25, 0.3) is 0 Å². The van der Waals surface area contributed by atoms with Gasteiger partial charge in [-0.15, -0.1) is 0 Å². The molecule has 0 amide bonds. The van der Waals surface area contributed by atoms with Crippen molar-refractivity contribution in [2.24, 2.45) is 0 Å². The molecule has 0 unspecified atom stereocenters. The molecule has 2 N–H and O–H groups in total. The van der Waals surface area contributed by atoms with Gasteiger partial charge in [0.2, 0.25) is 0 Å². The predicted octanol–water partition coefficient (Wildman–Crippen LogP) is 1.32. The number of rotatable bonds is 2. The number of hydrogen-bond donors (Lipinski definition) is 2. The summed E-state index contributed by atoms with van der Waals surface area (Å²) in [4.78, 5) is 0. The van der Waals surface area contributed by atoms with Gasteiger partial charge >= 0.3 is 15.4 Å². The largest absolute Gasteiger partial charge is 0.457 e. The van der Waals surface area contributed by atoms with Crippen molar-refractivity contribution in [1.29, 1.82) is 0 Å². The van der Waals surface area contributed by atoms with Crippen molar-refractivity contribution >= 4 is 32.2 Å². The third kappa shape index (κ3) is 3.47. The van der Waals surface area contributed by atoms with E-state index in [1.54, 1.807) is 0 Å². The number of hydrogen-bond acceptors (Lipinski definition) is 3. The monoisotopic (exact) mass is 254 g/mol. The molecule has 1 aliphatic carbocycles. The molecule has 5 heteroatoms. The van der Waals surface area contributed by atoms with Crippen molar-refractivity contribution in [3.63, 3.8) is 0 Å². The van der Waals surface area contributed by atoms with Gasteiger partial charge < -0.3 is 14.6 Å². The molecule has 3 rings (SSSR count). The number of aryl methyl sites for hydroxylation is 1. The van der Waals surface area contributed by atoms with Gasteiger partial charge in [-0.25, -0.2) is 0 Å². The van der Waals surface area contributed by atoms with Crippen molar-refractivity contribution in [1.82, 2.24) is 0 Å². The lowest BCUT2D eigenvalue weighted by Crippen LogP contribution is -2.00. The number of fused-ring (bicyclic) bond motifs is 3. The van der Waals surface area contributed by atoms with Crippen LogP contribution in [0.5, 0.6) is 0 Å². The molecule has 96 valence electrons. The highest BCUT2D eigenvalue weighted by atomic mass is 16.5. The second-order valence-corrected chi connectivity index (χ2v) is 4.26. The van der Waals surface area contributed by atoms with Crippen LogP contribution in [0, 0.1) is 0 Å². The lowest BCUT2D eigenvalue weighted by molar-refractivity contribution is 0.408. The smallest absolute Gasteiger partial charge is 0.421 e. The first-order valence-corrected chi connectivity index (χ1v) is 6.33. The molecule has 1 aliphatic rings. The Labute approximate surface area is 114 Å². The molecular weight excluding hydrogens is 238 g/mol. The summed E-state index contributed by atoms with van der Waals surface area (Å²) in [5.74, 6) is 0. The summed E-state index contributed by atoms with van der Waals surface area (Å²) < 4.78 is 3.94. The Kier molecular flexibility index (Phi) is 5.21. The van der Waals surface area contributed by atoms with Crippen LogP contribution in [0.25, 0.3) is 16.8 Å². The molecular formula is C14H16B2O3. The normalized spacial score (nSPS) is 12.3. The molecule has 0 aliphatic heterocycles. The standard InChI is InChI=1S/C14H12.B2H4O3/c1-3-7-13-11(5-1)9-10-12-6-2-4-8-14(12)13;3-1-5-2-4/h1,3-5,7-10H,2,6H2;1-4H. The van der Waals surface area contributed by atoms with E-state index in [1.165, 1.54) is 34.7 Å². The van der Waals surface area contributed by atoms with E-state index in [0.29, 0.717) is 0 Å². The SMILES string of the molecule is C1=Cc2c(ccc3ccccc23)CC1.OBOBO. The maximum atomic E-state index is 7.68. The van der Waals surface area contributed by atoms with E-state index < -0.39 is 15.4 Å². The highest BCUT2D eigenvalue weighted by Crippen LogP contribution is 2.27. The van der Waals surface area contributed by atoms with Crippen LogP contribution in [0.3, 0.4) is 0 Å². The summed E-state index contributed by atoms with van der Waals surface area (Å²) in [7, 11) is -0.812. The van der Waals surface area contributed by atoms with Gasteiger partial charge in [-0.3, -0.25) is 0 Å². The molecule has 0 aromatic heterocycles. The van der Waals surface area contributed by atoms with E-state index in [2.05, 4.69) is 53.1 Å². The summed E-state index contributed by atoms with van der Waals surface area (Å²) in [6, 6.07) is 13.1. The molecule has 0 heterocycles. The minimum Gasteiger partial charge on any atom is -0.457 e. The summed E-state index contributed by atoms with van der Waals surface area (Å²) in [6.45, 7) is 0. The minimum atomic E-state index is -0.406. The molecule has 2 aromatic rings. The van der Waals surface area contributed by atoms with Crippen molar-refractivity contribution in [3.8, 4) is 0 Å². The second-order valence-electron chi connectivity index (χ2n) is 4.26. The van der Waals surface area contributed by atoms with E-state index in [9.17, 15) is 0 Å². The first-order valence-electron chi connectivity index (χ1n) is 6.33. The van der Waals surface area contributed by atoms with E-state index in [4.69, 9.17) is 10.0 Å². The Balaban J connectivity index is 0.000000232. The Hall–Kier alpha value is -1.55. The van der Waals surface area contributed by atoms with Crippen LogP contribution >= 0.6 is 0 Å². The third-order valence-corrected chi connectivity index (χ3v) is 3.11. The highest BCUT2D eigenvalue weighted by molar-refractivity contribution is 6.32. The van der Waals surface area contributed by atoms with Gasteiger partial charge in [0.1, 0.15) is 0 Å². The van der Waals surface area contributed by atoms with Crippen molar-refractivity contribution in [3.05, 3.63) is 53.6 Å². The third-order valence-electron chi connectivity index (χ3n) is 3.11. The van der Waals surface area contributed by atoms with Crippen LogP contribution in [-0.2, 0) is 11.0 Å². The average Bonchev–Trinajstić information content (AvgIpc) is 2.49. The van der Waals surface area contributed by atoms with Gasteiger partial charge in [-0.1, -0.05) is 48.6 Å².